The SMILES string of the molecule is CCCCCCCCCCCCOc1cc(Cn2cc(COCCOCCOCCOCCOCCOCCOCCOCCN=[N+]=[N-])nn2)cc(OCCCCCCCCCCCC)c1OCCCCCCCCCCCC. The molecule has 0 N–H and O–H groups in total. The lowest BCUT2D eigenvalue weighted by molar-refractivity contribution is -0.0235. The van der Waals surface area contributed by atoms with Crippen LogP contribution in [0.25, 0.3) is 10.4 Å². The monoisotopic (exact) mass is 1120 g/mol. The summed E-state index contributed by atoms with van der Waals surface area (Å²) >= 11 is 0. The number of hydrogen-bond donors (Lipinski definition) is 0. The Balaban J connectivity index is 1.80. The van der Waals surface area contributed by atoms with Crippen molar-refractivity contribution in [1.29, 1.82) is 0 Å². The van der Waals surface area contributed by atoms with E-state index in [-0.39, 0.29) is 0 Å². The Hall–Kier alpha value is -3.25. The van der Waals surface area contributed by atoms with Gasteiger partial charge in [-0.2, -0.15) is 0 Å². The maximum atomic E-state index is 8.22. The average molecular weight is 1120 g/mol. The van der Waals surface area contributed by atoms with E-state index in [0.29, 0.717) is 139 Å². The molecule has 0 radical (unpaired) electrons. The van der Waals surface area contributed by atoms with Gasteiger partial charge in [0.05, 0.1) is 138 Å². The van der Waals surface area contributed by atoms with Crippen LogP contribution in [0.15, 0.2) is 23.4 Å². The highest BCUT2D eigenvalue weighted by molar-refractivity contribution is 5.54. The molecule has 0 aliphatic carbocycles. The van der Waals surface area contributed by atoms with Crippen LogP contribution < -0.4 is 14.2 Å². The van der Waals surface area contributed by atoms with Crippen molar-refractivity contribution in [3.8, 4) is 17.2 Å². The van der Waals surface area contributed by atoms with Crippen molar-refractivity contribution in [2.24, 2.45) is 5.11 Å². The number of unbranched alkanes of at least 4 members (excludes halogenated alkanes) is 27. The van der Waals surface area contributed by atoms with Crippen LogP contribution in [-0.4, -0.2) is 140 Å². The second-order valence-corrected chi connectivity index (χ2v) is 20.7. The van der Waals surface area contributed by atoms with Gasteiger partial charge in [-0.15, -0.1) is 5.10 Å². The van der Waals surface area contributed by atoms with Gasteiger partial charge < -0.3 is 52.1 Å². The Bertz CT molecular complexity index is 1590. The third-order valence-corrected chi connectivity index (χ3v) is 13.5. The lowest BCUT2D eigenvalue weighted by atomic mass is 10.1. The Labute approximate surface area is 479 Å². The molecule has 0 spiro atoms. The van der Waals surface area contributed by atoms with Crippen LogP contribution in [-0.2, 0) is 51.0 Å². The van der Waals surface area contributed by atoms with Gasteiger partial charge in [-0.25, -0.2) is 4.68 Å². The van der Waals surface area contributed by atoms with E-state index in [1.165, 1.54) is 173 Å². The van der Waals surface area contributed by atoms with E-state index in [4.69, 9.17) is 57.6 Å². The molecular formula is C62H114N6O11. The molecule has 0 amide bonds. The summed E-state index contributed by atoms with van der Waals surface area (Å²) in [5.74, 6) is 2.27. The van der Waals surface area contributed by atoms with Crippen molar-refractivity contribution < 1.29 is 52.1 Å². The van der Waals surface area contributed by atoms with Crippen molar-refractivity contribution in [3.05, 3.63) is 40.0 Å². The zero-order valence-electron chi connectivity index (χ0n) is 50.5. The molecule has 17 heteroatoms. The van der Waals surface area contributed by atoms with Crippen molar-refractivity contribution in [2.75, 3.05) is 125 Å². The van der Waals surface area contributed by atoms with E-state index in [1.807, 2.05) is 10.9 Å². The summed E-state index contributed by atoms with van der Waals surface area (Å²) in [5.41, 5.74) is 10.0. The molecule has 0 aliphatic heterocycles. The fourth-order valence-electron chi connectivity index (χ4n) is 8.92. The van der Waals surface area contributed by atoms with E-state index in [1.54, 1.807) is 0 Å². The van der Waals surface area contributed by atoms with Crippen molar-refractivity contribution in [1.82, 2.24) is 15.0 Å². The first-order chi connectivity index (χ1) is 39.2. The maximum Gasteiger partial charge on any atom is 0.203 e. The minimum atomic E-state index is 0.324. The van der Waals surface area contributed by atoms with Gasteiger partial charge in [0.1, 0.15) is 5.69 Å². The maximum absolute atomic E-state index is 8.22. The van der Waals surface area contributed by atoms with Crippen molar-refractivity contribution in [3.63, 3.8) is 0 Å². The number of aromatic nitrogens is 3. The lowest BCUT2D eigenvalue weighted by Crippen LogP contribution is -2.15. The number of nitrogens with zero attached hydrogens (tertiary/aromatic N) is 6. The van der Waals surface area contributed by atoms with Crippen LogP contribution in [0, 0.1) is 0 Å². The molecule has 0 atom stereocenters. The fourth-order valence-corrected chi connectivity index (χ4v) is 8.92. The van der Waals surface area contributed by atoms with Gasteiger partial charge >= 0.3 is 0 Å². The topological polar surface area (TPSA) is 181 Å². The summed E-state index contributed by atoms with van der Waals surface area (Å²) in [6, 6.07) is 4.25. The molecular weight excluding hydrogens is 1000 g/mol. The molecule has 2 rings (SSSR count). The molecule has 1 aromatic carbocycles. The van der Waals surface area contributed by atoms with E-state index >= 15 is 0 Å². The first-order valence-electron chi connectivity index (χ1n) is 31.8. The molecule has 0 aliphatic rings. The van der Waals surface area contributed by atoms with Crippen LogP contribution in [0.4, 0.5) is 0 Å². The normalized spacial score (nSPS) is 11.4. The molecule has 2 aromatic rings. The molecule has 1 heterocycles. The molecule has 0 bridgehead atoms. The highest BCUT2D eigenvalue weighted by Gasteiger charge is 2.17. The van der Waals surface area contributed by atoms with E-state index < -0.39 is 0 Å². The third-order valence-electron chi connectivity index (χ3n) is 13.5. The molecule has 1 aromatic heterocycles. The van der Waals surface area contributed by atoms with Crippen LogP contribution in [0.3, 0.4) is 0 Å². The largest absolute Gasteiger partial charge is 0.490 e. The van der Waals surface area contributed by atoms with Gasteiger partial charge in [0.25, 0.3) is 0 Å². The third kappa shape index (κ3) is 46.0. The first-order valence-corrected chi connectivity index (χ1v) is 31.8. The predicted octanol–water partition coefficient (Wildman–Crippen LogP) is 15.2. The Kier molecular flexibility index (Phi) is 52.7. The summed E-state index contributed by atoms with van der Waals surface area (Å²) in [6.07, 6.45) is 40.5. The quantitative estimate of drug-likeness (QED) is 0.0264. The molecule has 79 heavy (non-hydrogen) atoms. The summed E-state index contributed by atoms with van der Waals surface area (Å²) < 4.78 is 66.3. The molecule has 0 saturated carbocycles. The van der Waals surface area contributed by atoms with E-state index in [9.17, 15) is 0 Å². The van der Waals surface area contributed by atoms with Crippen molar-refractivity contribution in [2.45, 2.75) is 227 Å². The van der Waals surface area contributed by atoms with Crippen LogP contribution >= 0.6 is 0 Å². The number of rotatable bonds is 64. The minimum Gasteiger partial charge on any atom is -0.490 e. The van der Waals surface area contributed by atoms with Crippen LogP contribution in [0.5, 0.6) is 17.2 Å². The van der Waals surface area contributed by atoms with Gasteiger partial charge in [-0.05, 0) is 42.5 Å². The fraction of sp³-hybridized carbons (Fsp3) is 0.871. The zero-order chi connectivity index (χ0) is 56.3. The molecule has 458 valence electrons. The summed E-state index contributed by atoms with van der Waals surface area (Å²) in [4.78, 5) is 2.67. The van der Waals surface area contributed by atoms with Crippen LogP contribution in [0.1, 0.15) is 225 Å². The average Bonchev–Trinajstić information content (AvgIpc) is 3.91. The van der Waals surface area contributed by atoms with Gasteiger partial charge in [0.15, 0.2) is 11.5 Å². The minimum absolute atomic E-state index is 0.324. The highest BCUT2D eigenvalue weighted by atomic mass is 16.6. The molecule has 0 fully saturated rings. The smallest absolute Gasteiger partial charge is 0.203 e. The number of azide groups is 1. The number of ether oxygens (including phenoxy) is 11. The summed E-state index contributed by atoms with van der Waals surface area (Å²) in [5, 5.41) is 12.3. The Morgan fingerprint density at radius 2 is 0.709 bits per heavy atom. The standard InChI is InChI=1S/C62H114N6O11/c1-4-7-10-13-16-19-22-25-28-31-35-77-60-53-58(54-61(78-36-32-29-26-23-20-17-14-11-8-5-2)62(60)79-37-33-30-27-24-21-18-15-12-9-6-3)55-68-56-59(65-67-68)57-76-52-51-75-50-49-74-48-47-73-46-45-72-44-43-71-42-41-70-40-39-69-38-34-64-66-63/h53-54,56H,4-52,55,57H2,1-3H3. The van der Waals surface area contributed by atoms with Gasteiger partial charge in [-0.3, -0.25) is 0 Å². The molecule has 17 nitrogen and oxygen atoms in total. The first kappa shape index (κ1) is 71.9. The van der Waals surface area contributed by atoms with Crippen molar-refractivity contribution >= 4 is 0 Å². The zero-order valence-corrected chi connectivity index (χ0v) is 50.5. The van der Waals surface area contributed by atoms with E-state index in [0.717, 1.165) is 47.8 Å². The van der Waals surface area contributed by atoms with Gasteiger partial charge in [0, 0.05) is 11.5 Å². The second kappa shape index (κ2) is 58.0. The van der Waals surface area contributed by atoms with Gasteiger partial charge in [-0.1, -0.05) is 204 Å². The Morgan fingerprint density at radius 1 is 0.392 bits per heavy atom. The van der Waals surface area contributed by atoms with Gasteiger partial charge in [0.2, 0.25) is 5.75 Å². The Morgan fingerprint density at radius 3 is 1.06 bits per heavy atom. The number of benzene rings is 1. The number of hydrogen-bond acceptors (Lipinski definition) is 14. The second-order valence-electron chi connectivity index (χ2n) is 20.7. The summed E-state index contributed by atoms with van der Waals surface area (Å²) in [6.45, 7) is 17.0. The lowest BCUT2D eigenvalue weighted by Gasteiger charge is -2.19. The highest BCUT2D eigenvalue weighted by Crippen LogP contribution is 2.40. The summed E-state index contributed by atoms with van der Waals surface area (Å²) in [7, 11) is 0. The molecule has 0 unspecified atom stereocenters. The van der Waals surface area contributed by atoms with Crippen LogP contribution in [0.2, 0.25) is 0 Å². The van der Waals surface area contributed by atoms with E-state index in [2.05, 4.69) is 53.2 Å². The predicted molar refractivity (Wildman–Crippen MR) is 317 cm³/mol. The molecule has 0 saturated heterocycles.